The zero-order valence-electron chi connectivity index (χ0n) is 21.5. The van der Waals surface area contributed by atoms with Gasteiger partial charge in [-0.3, -0.25) is 4.79 Å². The van der Waals surface area contributed by atoms with Crippen molar-refractivity contribution in [3.05, 3.63) is 76.6 Å². The highest BCUT2D eigenvalue weighted by atomic mass is 35.5. The fraction of sp³-hybridized carbons (Fsp3) is 0.286. The molecular formula is C28H30ClN3O5. The number of rotatable bonds is 10. The number of nitrogens with one attached hydrogen (secondary N) is 1. The number of carbonyl (C=O) groups is 1. The smallest absolute Gasteiger partial charge is 0.252 e. The lowest BCUT2D eigenvalue weighted by Crippen LogP contribution is -2.29. The molecule has 0 fully saturated rings. The van der Waals surface area contributed by atoms with Gasteiger partial charge in [0.05, 0.1) is 44.9 Å². The molecule has 4 rings (SSSR count). The van der Waals surface area contributed by atoms with E-state index in [1.165, 1.54) is 21.3 Å². The second-order valence-electron chi connectivity index (χ2n) is 8.48. The van der Waals surface area contributed by atoms with Gasteiger partial charge in [0.2, 0.25) is 5.75 Å². The van der Waals surface area contributed by atoms with E-state index >= 15 is 0 Å². The second-order valence-corrected chi connectivity index (χ2v) is 8.89. The Labute approximate surface area is 221 Å². The molecule has 0 aliphatic heterocycles. The predicted molar refractivity (Wildman–Crippen MR) is 143 cm³/mol. The minimum Gasteiger partial charge on any atom is -0.493 e. The number of aryl methyl sites for hydroxylation is 1. The molecule has 0 saturated heterocycles. The molecule has 1 amide bonds. The largest absolute Gasteiger partial charge is 0.493 e. The summed E-state index contributed by atoms with van der Waals surface area (Å²) < 4.78 is 24.2. The summed E-state index contributed by atoms with van der Waals surface area (Å²) in [4.78, 5) is 18.0. The van der Waals surface area contributed by atoms with Gasteiger partial charge in [-0.25, -0.2) is 4.98 Å². The molecule has 0 bridgehead atoms. The molecular weight excluding hydrogens is 494 g/mol. The van der Waals surface area contributed by atoms with Crippen LogP contribution in [0.2, 0.25) is 5.02 Å². The molecule has 9 heteroatoms. The fourth-order valence-corrected chi connectivity index (χ4v) is 4.30. The standard InChI is InChI=1S/C28H30ClN3O5/c1-17-14-20(10-11-21(17)29)37-13-12-32-23-9-7-6-8-22(23)31-27(32)18(2)30-28(33)19-15-24(34-3)26(36-5)25(16-19)35-4/h6-11,14-16,18H,12-13H2,1-5H3,(H,30,33). The van der Waals surface area contributed by atoms with Crippen molar-refractivity contribution in [2.24, 2.45) is 0 Å². The topological polar surface area (TPSA) is 83.8 Å². The van der Waals surface area contributed by atoms with Gasteiger partial charge in [0, 0.05) is 10.6 Å². The van der Waals surface area contributed by atoms with Crippen LogP contribution in [0.25, 0.3) is 11.0 Å². The van der Waals surface area contributed by atoms with Crippen LogP contribution in [-0.4, -0.2) is 43.4 Å². The molecule has 1 aromatic heterocycles. The van der Waals surface area contributed by atoms with E-state index in [0.29, 0.717) is 41.0 Å². The van der Waals surface area contributed by atoms with Crippen molar-refractivity contribution in [1.29, 1.82) is 0 Å². The molecule has 0 spiro atoms. The second kappa shape index (κ2) is 11.4. The van der Waals surface area contributed by atoms with Crippen LogP contribution in [0.5, 0.6) is 23.0 Å². The third-order valence-electron chi connectivity index (χ3n) is 6.06. The molecule has 194 valence electrons. The van der Waals surface area contributed by atoms with Gasteiger partial charge in [-0.05, 0) is 61.9 Å². The highest BCUT2D eigenvalue weighted by molar-refractivity contribution is 6.31. The summed E-state index contributed by atoms with van der Waals surface area (Å²) in [7, 11) is 4.54. The monoisotopic (exact) mass is 523 g/mol. The first-order valence-electron chi connectivity index (χ1n) is 11.8. The summed E-state index contributed by atoms with van der Waals surface area (Å²) in [6.07, 6.45) is 0. The maximum atomic E-state index is 13.2. The molecule has 37 heavy (non-hydrogen) atoms. The Morgan fingerprint density at radius 1 is 1.03 bits per heavy atom. The number of aromatic nitrogens is 2. The average Bonchev–Trinajstić information content (AvgIpc) is 3.28. The van der Waals surface area contributed by atoms with Crippen molar-refractivity contribution < 1.29 is 23.7 Å². The number of imidazole rings is 1. The van der Waals surface area contributed by atoms with Crippen LogP contribution in [-0.2, 0) is 6.54 Å². The highest BCUT2D eigenvalue weighted by Crippen LogP contribution is 2.38. The third-order valence-corrected chi connectivity index (χ3v) is 6.48. The summed E-state index contributed by atoms with van der Waals surface area (Å²) in [6, 6.07) is 16.3. The number of ether oxygens (including phenoxy) is 4. The number of carbonyl (C=O) groups excluding carboxylic acids is 1. The first-order valence-corrected chi connectivity index (χ1v) is 12.2. The number of halogens is 1. The van der Waals surface area contributed by atoms with Crippen molar-refractivity contribution in [2.45, 2.75) is 26.4 Å². The number of amides is 1. The van der Waals surface area contributed by atoms with Crippen molar-refractivity contribution in [1.82, 2.24) is 14.9 Å². The Bertz CT molecular complexity index is 1390. The molecule has 3 aromatic carbocycles. The molecule has 1 atom stereocenters. The van der Waals surface area contributed by atoms with Crippen LogP contribution in [0.1, 0.15) is 34.7 Å². The van der Waals surface area contributed by atoms with Gasteiger partial charge in [0.1, 0.15) is 18.2 Å². The Hall–Kier alpha value is -3.91. The van der Waals surface area contributed by atoms with E-state index in [1.54, 1.807) is 12.1 Å². The van der Waals surface area contributed by atoms with E-state index < -0.39 is 6.04 Å². The molecule has 8 nitrogen and oxygen atoms in total. The predicted octanol–water partition coefficient (Wildman–Crippen LogP) is 5.59. The van der Waals surface area contributed by atoms with Gasteiger partial charge in [-0.2, -0.15) is 0 Å². The molecule has 1 unspecified atom stereocenters. The van der Waals surface area contributed by atoms with Gasteiger partial charge in [0.15, 0.2) is 11.5 Å². The lowest BCUT2D eigenvalue weighted by Gasteiger charge is -2.18. The van der Waals surface area contributed by atoms with E-state index in [4.69, 9.17) is 35.5 Å². The Balaban J connectivity index is 1.56. The van der Waals surface area contributed by atoms with Crippen LogP contribution >= 0.6 is 11.6 Å². The summed E-state index contributed by atoms with van der Waals surface area (Å²) in [5.41, 5.74) is 3.14. The van der Waals surface area contributed by atoms with Gasteiger partial charge in [0.25, 0.3) is 5.91 Å². The molecule has 4 aromatic rings. The zero-order chi connectivity index (χ0) is 26.5. The Morgan fingerprint density at radius 3 is 2.38 bits per heavy atom. The summed E-state index contributed by atoms with van der Waals surface area (Å²) in [5, 5.41) is 3.75. The van der Waals surface area contributed by atoms with E-state index in [2.05, 4.69) is 9.88 Å². The first-order chi connectivity index (χ1) is 17.9. The zero-order valence-corrected chi connectivity index (χ0v) is 22.3. The van der Waals surface area contributed by atoms with Crippen LogP contribution < -0.4 is 24.3 Å². The number of para-hydroxylation sites is 2. The molecule has 0 radical (unpaired) electrons. The highest BCUT2D eigenvalue weighted by Gasteiger charge is 2.22. The number of benzene rings is 3. The minimum atomic E-state index is -0.392. The van der Waals surface area contributed by atoms with E-state index in [9.17, 15) is 4.79 Å². The third kappa shape index (κ3) is 5.59. The lowest BCUT2D eigenvalue weighted by molar-refractivity contribution is 0.0936. The fourth-order valence-electron chi connectivity index (χ4n) is 4.18. The van der Waals surface area contributed by atoms with Crippen LogP contribution in [0.3, 0.4) is 0 Å². The normalized spacial score (nSPS) is 11.7. The van der Waals surface area contributed by atoms with Crippen LogP contribution in [0.15, 0.2) is 54.6 Å². The van der Waals surface area contributed by atoms with Crippen LogP contribution in [0, 0.1) is 6.92 Å². The van der Waals surface area contributed by atoms with Crippen molar-refractivity contribution in [3.63, 3.8) is 0 Å². The molecule has 1 heterocycles. The minimum absolute atomic E-state index is 0.293. The number of methoxy groups -OCH3 is 3. The average molecular weight is 524 g/mol. The molecule has 0 aliphatic carbocycles. The summed E-state index contributed by atoms with van der Waals surface area (Å²) in [6.45, 7) is 4.80. The van der Waals surface area contributed by atoms with Crippen molar-refractivity contribution >= 4 is 28.5 Å². The lowest BCUT2D eigenvalue weighted by atomic mass is 10.1. The van der Waals surface area contributed by atoms with Gasteiger partial charge >= 0.3 is 0 Å². The molecule has 0 saturated carbocycles. The maximum Gasteiger partial charge on any atom is 0.252 e. The number of nitrogens with zero attached hydrogens (tertiary/aromatic N) is 2. The van der Waals surface area contributed by atoms with Gasteiger partial charge in [-0.1, -0.05) is 23.7 Å². The van der Waals surface area contributed by atoms with E-state index in [-0.39, 0.29) is 5.91 Å². The van der Waals surface area contributed by atoms with Gasteiger partial charge in [-0.15, -0.1) is 0 Å². The van der Waals surface area contributed by atoms with E-state index in [0.717, 1.165) is 28.2 Å². The quantitative estimate of drug-likeness (QED) is 0.291. The van der Waals surface area contributed by atoms with Crippen molar-refractivity contribution in [2.75, 3.05) is 27.9 Å². The number of fused-ring (bicyclic) bond motifs is 1. The summed E-state index contributed by atoms with van der Waals surface area (Å²) in [5.74, 6) is 2.41. The first kappa shape index (κ1) is 26.2. The number of hydrogen-bond acceptors (Lipinski definition) is 6. The van der Waals surface area contributed by atoms with Gasteiger partial charge < -0.3 is 28.8 Å². The Morgan fingerprint density at radius 2 is 1.73 bits per heavy atom. The van der Waals surface area contributed by atoms with E-state index in [1.807, 2.05) is 56.3 Å². The maximum absolute atomic E-state index is 13.2. The van der Waals surface area contributed by atoms with Crippen LogP contribution in [0.4, 0.5) is 0 Å². The SMILES string of the molecule is COc1cc(C(=O)NC(C)c2nc3ccccc3n2CCOc2ccc(Cl)c(C)c2)cc(OC)c1OC. The molecule has 1 N–H and O–H groups in total. The van der Waals surface area contributed by atoms with Crippen molar-refractivity contribution in [3.8, 4) is 23.0 Å². The Kier molecular flexibility index (Phi) is 8.08. The summed E-state index contributed by atoms with van der Waals surface area (Å²) >= 11 is 6.13. The number of hydrogen-bond donors (Lipinski definition) is 1. The molecule has 0 aliphatic rings.